The number of phenols is 1. The molecule has 2 unspecified atom stereocenters. The van der Waals surface area contributed by atoms with E-state index in [2.05, 4.69) is 20.7 Å². The third-order valence-electron chi connectivity index (χ3n) is 2.20. The SMILES string of the molecule is CCOC(=O)C(O)C(O)c1cc(Cl)cc(Br)c1O. The zero-order valence-corrected chi connectivity index (χ0v) is 11.8. The highest BCUT2D eigenvalue weighted by molar-refractivity contribution is 9.10. The van der Waals surface area contributed by atoms with E-state index in [0.717, 1.165) is 0 Å². The van der Waals surface area contributed by atoms with Crippen molar-refractivity contribution in [2.45, 2.75) is 19.1 Å². The van der Waals surface area contributed by atoms with Crippen molar-refractivity contribution < 1.29 is 24.9 Å². The molecule has 0 aromatic heterocycles. The molecule has 5 nitrogen and oxygen atoms in total. The van der Waals surface area contributed by atoms with E-state index in [1.807, 2.05) is 0 Å². The van der Waals surface area contributed by atoms with Gasteiger partial charge in [-0.05, 0) is 35.0 Å². The normalized spacial score (nSPS) is 14.1. The van der Waals surface area contributed by atoms with Gasteiger partial charge in [-0.1, -0.05) is 11.6 Å². The number of carbonyl (C=O) groups is 1. The van der Waals surface area contributed by atoms with E-state index in [4.69, 9.17) is 11.6 Å². The first-order valence-electron chi connectivity index (χ1n) is 5.09. The Balaban J connectivity index is 3.03. The molecule has 0 saturated carbocycles. The predicted octanol–water partition coefficient (Wildman–Crippen LogP) is 1.77. The van der Waals surface area contributed by atoms with E-state index < -0.39 is 18.2 Å². The quantitative estimate of drug-likeness (QED) is 0.728. The molecule has 18 heavy (non-hydrogen) atoms. The summed E-state index contributed by atoms with van der Waals surface area (Å²) in [5.41, 5.74) is -0.0603. The van der Waals surface area contributed by atoms with Crippen LogP contribution < -0.4 is 0 Å². The Morgan fingerprint density at radius 3 is 2.67 bits per heavy atom. The zero-order chi connectivity index (χ0) is 13.9. The van der Waals surface area contributed by atoms with E-state index in [1.54, 1.807) is 6.92 Å². The average Bonchev–Trinajstić information content (AvgIpc) is 2.32. The minimum Gasteiger partial charge on any atom is -0.506 e. The van der Waals surface area contributed by atoms with Crippen molar-refractivity contribution in [2.24, 2.45) is 0 Å². The second kappa shape index (κ2) is 6.38. The number of benzene rings is 1. The Hall–Kier alpha value is -0.820. The lowest BCUT2D eigenvalue weighted by Gasteiger charge is -2.18. The monoisotopic (exact) mass is 338 g/mol. The molecule has 1 aromatic rings. The van der Waals surface area contributed by atoms with Gasteiger partial charge in [-0.25, -0.2) is 4.79 Å². The van der Waals surface area contributed by atoms with Crippen LogP contribution in [0.2, 0.25) is 5.02 Å². The van der Waals surface area contributed by atoms with E-state index in [0.29, 0.717) is 0 Å². The summed E-state index contributed by atoms with van der Waals surface area (Å²) in [6.07, 6.45) is -3.42. The Morgan fingerprint density at radius 2 is 2.11 bits per heavy atom. The summed E-state index contributed by atoms with van der Waals surface area (Å²) in [5, 5.41) is 29.4. The molecule has 0 aliphatic carbocycles. The van der Waals surface area contributed by atoms with Gasteiger partial charge in [0.1, 0.15) is 11.9 Å². The smallest absolute Gasteiger partial charge is 0.338 e. The topological polar surface area (TPSA) is 87.0 Å². The van der Waals surface area contributed by atoms with Crippen molar-refractivity contribution in [3.05, 3.63) is 27.2 Å². The van der Waals surface area contributed by atoms with Crippen molar-refractivity contribution in [1.82, 2.24) is 0 Å². The van der Waals surface area contributed by atoms with Crippen molar-refractivity contribution in [3.8, 4) is 5.75 Å². The van der Waals surface area contributed by atoms with Crippen LogP contribution in [-0.2, 0) is 9.53 Å². The van der Waals surface area contributed by atoms with Gasteiger partial charge in [0.05, 0.1) is 11.1 Å². The van der Waals surface area contributed by atoms with Gasteiger partial charge in [0.25, 0.3) is 0 Å². The molecule has 0 spiro atoms. The van der Waals surface area contributed by atoms with Crippen molar-refractivity contribution in [2.75, 3.05) is 6.61 Å². The van der Waals surface area contributed by atoms with E-state index >= 15 is 0 Å². The fourth-order valence-electron chi connectivity index (χ4n) is 1.34. The summed E-state index contributed by atoms with van der Waals surface area (Å²) in [6, 6.07) is 2.68. The van der Waals surface area contributed by atoms with E-state index in [-0.39, 0.29) is 27.4 Å². The third-order valence-corrected chi connectivity index (χ3v) is 3.03. The van der Waals surface area contributed by atoms with E-state index in [1.165, 1.54) is 12.1 Å². The van der Waals surface area contributed by atoms with Crippen molar-refractivity contribution in [3.63, 3.8) is 0 Å². The summed E-state index contributed by atoms with van der Waals surface area (Å²) in [6.45, 7) is 1.65. The van der Waals surface area contributed by atoms with Gasteiger partial charge < -0.3 is 20.1 Å². The lowest BCUT2D eigenvalue weighted by Crippen LogP contribution is -2.30. The zero-order valence-electron chi connectivity index (χ0n) is 9.43. The molecule has 1 aromatic carbocycles. The number of aromatic hydroxyl groups is 1. The predicted molar refractivity (Wildman–Crippen MR) is 68.4 cm³/mol. The summed E-state index contributed by atoms with van der Waals surface area (Å²) in [7, 11) is 0. The molecule has 0 fully saturated rings. The minimum absolute atomic E-state index is 0.0603. The van der Waals surface area contributed by atoms with Gasteiger partial charge in [0.2, 0.25) is 0 Å². The molecule has 0 saturated heterocycles. The molecule has 7 heteroatoms. The van der Waals surface area contributed by atoms with Gasteiger partial charge in [-0.3, -0.25) is 0 Å². The molecule has 0 heterocycles. The molecule has 0 radical (unpaired) electrons. The largest absolute Gasteiger partial charge is 0.506 e. The number of esters is 1. The van der Waals surface area contributed by atoms with Crippen LogP contribution in [0.5, 0.6) is 5.75 Å². The van der Waals surface area contributed by atoms with Gasteiger partial charge in [0.15, 0.2) is 6.10 Å². The van der Waals surface area contributed by atoms with Crippen LogP contribution in [0.3, 0.4) is 0 Å². The summed E-state index contributed by atoms with van der Waals surface area (Å²) in [4.78, 5) is 11.3. The van der Waals surface area contributed by atoms with Crippen LogP contribution in [0.15, 0.2) is 16.6 Å². The molecule has 1 rings (SSSR count). The molecular formula is C11H12BrClO5. The first kappa shape index (κ1) is 15.2. The molecule has 0 aliphatic rings. The number of aliphatic hydroxyl groups is 2. The standard InChI is InChI=1S/C11H12BrClO5/c1-2-18-11(17)10(16)9(15)6-3-5(13)4-7(12)8(6)14/h3-4,9-10,14-16H,2H2,1H3. The fourth-order valence-corrected chi connectivity index (χ4v) is 2.17. The molecular weight excluding hydrogens is 327 g/mol. The second-order valence-corrected chi connectivity index (χ2v) is 4.76. The molecule has 100 valence electrons. The maximum atomic E-state index is 11.3. The maximum Gasteiger partial charge on any atom is 0.338 e. The first-order valence-corrected chi connectivity index (χ1v) is 6.26. The van der Waals surface area contributed by atoms with Crippen LogP contribution in [0.4, 0.5) is 0 Å². The number of aliphatic hydroxyl groups excluding tert-OH is 2. The average molecular weight is 340 g/mol. The van der Waals surface area contributed by atoms with Crippen LogP contribution in [0, 0.1) is 0 Å². The van der Waals surface area contributed by atoms with Gasteiger partial charge in [-0.2, -0.15) is 0 Å². The van der Waals surface area contributed by atoms with Gasteiger partial charge in [-0.15, -0.1) is 0 Å². The molecule has 0 bridgehead atoms. The Labute approximate surface area is 117 Å². The van der Waals surface area contributed by atoms with Crippen LogP contribution in [-0.4, -0.2) is 34.0 Å². The second-order valence-electron chi connectivity index (χ2n) is 3.47. The summed E-state index contributed by atoms with van der Waals surface area (Å²) < 4.78 is 4.82. The van der Waals surface area contributed by atoms with Crippen LogP contribution in [0.25, 0.3) is 0 Å². The number of hydrogen-bond donors (Lipinski definition) is 3. The first-order chi connectivity index (χ1) is 8.38. The number of halogens is 2. The molecule has 0 amide bonds. The fraction of sp³-hybridized carbons (Fsp3) is 0.364. The number of carbonyl (C=O) groups excluding carboxylic acids is 1. The molecule has 0 aliphatic heterocycles. The Morgan fingerprint density at radius 1 is 1.50 bits per heavy atom. The number of rotatable bonds is 4. The highest BCUT2D eigenvalue weighted by Gasteiger charge is 2.29. The van der Waals surface area contributed by atoms with Gasteiger partial charge in [0, 0.05) is 10.6 Å². The minimum atomic E-state index is -1.79. The third kappa shape index (κ3) is 3.35. The number of ether oxygens (including phenoxy) is 1. The van der Waals surface area contributed by atoms with Crippen molar-refractivity contribution in [1.29, 1.82) is 0 Å². The number of hydrogen-bond acceptors (Lipinski definition) is 5. The molecule has 3 N–H and O–H groups in total. The van der Waals surface area contributed by atoms with Crippen molar-refractivity contribution >= 4 is 33.5 Å². The number of phenolic OH excluding ortho intramolecular Hbond substituents is 1. The highest BCUT2D eigenvalue weighted by Crippen LogP contribution is 2.36. The lowest BCUT2D eigenvalue weighted by molar-refractivity contribution is -0.159. The lowest BCUT2D eigenvalue weighted by atomic mass is 10.0. The van der Waals surface area contributed by atoms with Crippen LogP contribution >= 0.6 is 27.5 Å². The highest BCUT2D eigenvalue weighted by atomic mass is 79.9. The summed E-state index contributed by atoms with van der Waals surface area (Å²) >= 11 is 8.80. The Kier molecular flexibility index (Phi) is 5.40. The Bertz CT molecular complexity index is 451. The van der Waals surface area contributed by atoms with Crippen LogP contribution in [0.1, 0.15) is 18.6 Å². The summed E-state index contributed by atoms with van der Waals surface area (Å²) in [5.74, 6) is -1.27. The molecule has 2 atom stereocenters. The maximum absolute atomic E-state index is 11.3. The van der Waals surface area contributed by atoms with Gasteiger partial charge >= 0.3 is 5.97 Å². The van der Waals surface area contributed by atoms with E-state index in [9.17, 15) is 20.1 Å².